The molecule has 1 aromatic rings. The van der Waals surface area contributed by atoms with Crippen LogP contribution in [-0.2, 0) is 19.1 Å². The van der Waals surface area contributed by atoms with Crippen molar-refractivity contribution in [2.45, 2.75) is 64.5 Å². The molecule has 0 aliphatic heterocycles. The lowest BCUT2D eigenvalue weighted by atomic mass is 9.82. The molecule has 0 bridgehead atoms. The van der Waals surface area contributed by atoms with E-state index < -0.39 is 35.7 Å². The summed E-state index contributed by atoms with van der Waals surface area (Å²) in [5.41, 5.74) is 2.21. The van der Waals surface area contributed by atoms with Crippen LogP contribution in [0.15, 0.2) is 36.9 Å². The molecule has 1 aliphatic carbocycles. The third kappa shape index (κ3) is 7.60. The Morgan fingerprint density at radius 3 is 2.27 bits per heavy atom. The molecule has 2 rings (SSSR count). The summed E-state index contributed by atoms with van der Waals surface area (Å²) in [6.07, 6.45) is 5.61. The largest absolute Gasteiger partial charge is 0.497 e. The van der Waals surface area contributed by atoms with Gasteiger partial charge in [-0.25, -0.2) is 10.3 Å². The predicted molar refractivity (Wildman–Crippen MR) is 123 cm³/mol. The van der Waals surface area contributed by atoms with E-state index in [1.54, 1.807) is 36.9 Å². The number of carbonyl (C=O) groups is 3. The van der Waals surface area contributed by atoms with Gasteiger partial charge >= 0.3 is 5.97 Å². The Labute approximate surface area is 195 Å². The average Bonchev–Trinajstić information content (AvgIpc) is 3.32. The first-order valence-corrected chi connectivity index (χ1v) is 11.5. The number of hydrogen-bond acceptors (Lipinski definition) is 6. The van der Waals surface area contributed by atoms with Crippen molar-refractivity contribution in [1.29, 1.82) is 0 Å². The third-order valence-electron chi connectivity index (χ3n) is 5.97. The summed E-state index contributed by atoms with van der Waals surface area (Å²) < 4.78 is 10.9. The van der Waals surface area contributed by atoms with Crippen molar-refractivity contribution in [3.63, 3.8) is 0 Å². The second-order valence-corrected chi connectivity index (χ2v) is 8.90. The molecule has 8 heteroatoms. The Morgan fingerprint density at radius 2 is 1.76 bits per heavy atom. The summed E-state index contributed by atoms with van der Waals surface area (Å²) in [6, 6.07) is 5.81. The van der Waals surface area contributed by atoms with Crippen LogP contribution in [0.4, 0.5) is 0 Å². The van der Waals surface area contributed by atoms with E-state index in [1.165, 1.54) is 6.08 Å². The molecule has 1 aliphatic rings. The van der Waals surface area contributed by atoms with Gasteiger partial charge in [0.15, 0.2) is 6.04 Å². The van der Waals surface area contributed by atoms with Gasteiger partial charge in [-0.2, -0.15) is 0 Å². The fourth-order valence-corrected chi connectivity index (χ4v) is 4.24. The molecule has 33 heavy (non-hydrogen) atoms. The minimum Gasteiger partial charge on any atom is -0.497 e. The fraction of sp³-hybridized carbons (Fsp3) is 0.560. The summed E-state index contributed by atoms with van der Waals surface area (Å²) >= 11 is 0. The Morgan fingerprint density at radius 1 is 1.12 bits per heavy atom. The van der Waals surface area contributed by atoms with Gasteiger partial charge in [0.2, 0.25) is 11.8 Å². The van der Waals surface area contributed by atoms with E-state index in [9.17, 15) is 19.6 Å². The Bertz CT molecular complexity index is 802. The number of amides is 2. The van der Waals surface area contributed by atoms with E-state index in [2.05, 4.69) is 11.9 Å². The number of esters is 1. The Balaban J connectivity index is 2.32. The van der Waals surface area contributed by atoms with Crippen LogP contribution < -0.4 is 15.5 Å². The smallest absolute Gasteiger partial charge is 0.333 e. The molecule has 3 N–H and O–H groups in total. The van der Waals surface area contributed by atoms with Gasteiger partial charge in [-0.1, -0.05) is 32.1 Å². The monoisotopic (exact) mass is 460 g/mol. The molecule has 0 radical (unpaired) electrons. The molecule has 3 atom stereocenters. The summed E-state index contributed by atoms with van der Waals surface area (Å²) in [5, 5.41) is 12.0. The molecule has 1 fully saturated rings. The molecule has 0 spiro atoms. The zero-order valence-corrected chi connectivity index (χ0v) is 19.7. The van der Waals surface area contributed by atoms with Crippen molar-refractivity contribution in [1.82, 2.24) is 10.8 Å². The summed E-state index contributed by atoms with van der Waals surface area (Å²) in [5.74, 6) is -2.52. The molecule has 1 saturated carbocycles. The van der Waals surface area contributed by atoms with E-state index in [4.69, 9.17) is 9.47 Å². The molecule has 0 unspecified atom stereocenters. The van der Waals surface area contributed by atoms with Crippen LogP contribution in [0.3, 0.4) is 0 Å². The number of ether oxygens (including phenoxy) is 2. The maximum absolute atomic E-state index is 13.4. The first-order valence-electron chi connectivity index (χ1n) is 11.5. The second kappa shape index (κ2) is 13.0. The molecule has 182 valence electrons. The molecule has 2 amide bonds. The van der Waals surface area contributed by atoms with Gasteiger partial charge in [0, 0.05) is 0 Å². The van der Waals surface area contributed by atoms with Crippen molar-refractivity contribution in [3.8, 4) is 5.75 Å². The van der Waals surface area contributed by atoms with Crippen LogP contribution in [0, 0.1) is 17.8 Å². The van der Waals surface area contributed by atoms with Gasteiger partial charge in [0.25, 0.3) is 0 Å². The number of benzene rings is 1. The molecule has 8 nitrogen and oxygen atoms in total. The normalized spacial score (nSPS) is 16.5. The van der Waals surface area contributed by atoms with Gasteiger partial charge in [-0.15, -0.1) is 6.58 Å². The highest BCUT2D eigenvalue weighted by atomic mass is 16.5. The first kappa shape index (κ1) is 26.4. The van der Waals surface area contributed by atoms with Gasteiger partial charge < -0.3 is 14.8 Å². The number of carbonyl (C=O) groups excluding carboxylic acids is 3. The molecule has 0 aromatic heterocycles. The van der Waals surface area contributed by atoms with Gasteiger partial charge in [0.05, 0.1) is 18.9 Å². The maximum Gasteiger partial charge on any atom is 0.333 e. The fourth-order valence-electron chi connectivity index (χ4n) is 4.24. The van der Waals surface area contributed by atoms with Gasteiger partial charge in [-0.3, -0.25) is 14.8 Å². The molecule has 0 saturated heterocycles. The first-order chi connectivity index (χ1) is 15.8. The molecular weight excluding hydrogens is 424 g/mol. The van der Waals surface area contributed by atoms with E-state index in [-0.39, 0.29) is 18.4 Å². The van der Waals surface area contributed by atoms with Crippen molar-refractivity contribution >= 4 is 17.8 Å². The van der Waals surface area contributed by atoms with Crippen LogP contribution in [0.2, 0.25) is 0 Å². The Kier molecular flexibility index (Phi) is 10.4. The number of allylic oxidation sites excluding steroid dienone is 1. The minimum atomic E-state index is -1.03. The van der Waals surface area contributed by atoms with Crippen LogP contribution in [0.1, 0.15) is 64.0 Å². The van der Waals surface area contributed by atoms with Crippen molar-refractivity contribution < 1.29 is 29.1 Å². The van der Waals surface area contributed by atoms with Crippen molar-refractivity contribution in [2.24, 2.45) is 17.8 Å². The SMILES string of the molecule is C=CC[C@H](C(=O)NO)[C@@H](CC(C)C)C(=O)N[C@H](C(=O)OC1CCCC1)c1ccc(OC)cc1. The average molecular weight is 461 g/mol. The van der Waals surface area contributed by atoms with E-state index >= 15 is 0 Å². The van der Waals surface area contributed by atoms with Crippen molar-refractivity contribution in [2.75, 3.05) is 7.11 Å². The van der Waals surface area contributed by atoms with E-state index in [1.807, 2.05) is 13.8 Å². The minimum absolute atomic E-state index is 0.101. The number of hydroxylamine groups is 1. The third-order valence-corrected chi connectivity index (χ3v) is 5.97. The lowest BCUT2D eigenvalue weighted by Crippen LogP contribution is -2.45. The topological polar surface area (TPSA) is 114 Å². The maximum atomic E-state index is 13.4. The summed E-state index contributed by atoms with van der Waals surface area (Å²) in [7, 11) is 1.55. The predicted octanol–water partition coefficient (Wildman–Crippen LogP) is 3.70. The zero-order chi connectivity index (χ0) is 24.4. The van der Waals surface area contributed by atoms with E-state index in [0.29, 0.717) is 17.7 Å². The highest BCUT2D eigenvalue weighted by Crippen LogP contribution is 2.28. The van der Waals surface area contributed by atoms with E-state index in [0.717, 1.165) is 25.7 Å². The number of methoxy groups -OCH3 is 1. The number of nitrogens with one attached hydrogen (secondary N) is 2. The lowest BCUT2D eigenvalue weighted by molar-refractivity contribution is -0.153. The van der Waals surface area contributed by atoms with Crippen LogP contribution in [0.25, 0.3) is 0 Å². The highest BCUT2D eigenvalue weighted by molar-refractivity contribution is 5.90. The standard InChI is InChI=1S/C25H36N2O6/c1-5-8-20(24(29)27-31)21(15-16(2)3)23(28)26-22(17-11-13-18(32-4)14-12-17)25(30)33-19-9-6-7-10-19/h5,11-14,16,19-22,31H,1,6-10,15H2,2-4H3,(H,26,28)(H,27,29)/t20-,21+,22-/m0/s1. The second-order valence-electron chi connectivity index (χ2n) is 8.90. The van der Waals surface area contributed by atoms with Gasteiger partial charge in [-0.05, 0) is 62.1 Å². The highest BCUT2D eigenvalue weighted by Gasteiger charge is 2.36. The quantitative estimate of drug-likeness (QED) is 0.190. The van der Waals surface area contributed by atoms with Crippen LogP contribution in [-0.4, -0.2) is 36.2 Å². The Hall–Kier alpha value is -2.87. The van der Waals surface area contributed by atoms with Crippen LogP contribution >= 0.6 is 0 Å². The number of hydrogen-bond donors (Lipinski definition) is 3. The van der Waals surface area contributed by atoms with Crippen molar-refractivity contribution in [3.05, 3.63) is 42.5 Å². The summed E-state index contributed by atoms with van der Waals surface area (Å²) in [6.45, 7) is 7.55. The molecule has 0 heterocycles. The lowest BCUT2D eigenvalue weighted by Gasteiger charge is -2.28. The van der Waals surface area contributed by atoms with Gasteiger partial charge in [0.1, 0.15) is 11.9 Å². The molecular formula is C25H36N2O6. The zero-order valence-electron chi connectivity index (χ0n) is 19.7. The molecule has 1 aromatic carbocycles. The number of rotatable bonds is 12. The summed E-state index contributed by atoms with van der Waals surface area (Å²) in [4.78, 5) is 38.9. The van der Waals surface area contributed by atoms with Crippen LogP contribution in [0.5, 0.6) is 5.75 Å².